The molecule has 0 bridgehead atoms. The second kappa shape index (κ2) is 9.88. The first kappa shape index (κ1) is 23.4. The molecule has 0 atom stereocenters. The molecule has 1 aromatic heterocycles. The Labute approximate surface area is 200 Å². The molecule has 0 aliphatic carbocycles. The van der Waals surface area contributed by atoms with E-state index in [0.29, 0.717) is 43.2 Å². The van der Waals surface area contributed by atoms with Gasteiger partial charge < -0.3 is 9.64 Å². The van der Waals surface area contributed by atoms with E-state index in [-0.39, 0.29) is 5.56 Å². The molecule has 0 spiro atoms. The average Bonchev–Trinajstić information content (AvgIpc) is 3.11. The summed E-state index contributed by atoms with van der Waals surface area (Å²) in [6, 6.07) is 11.0. The predicted octanol–water partition coefficient (Wildman–Crippen LogP) is 7.74. The molecule has 1 heterocycles. The van der Waals surface area contributed by atoms with Crippen molar-refractivity contribution in [3.8, 4) is 28.1 Å². The van der Waals surface area contributed by atoms with Crippen LogP contribution in [0.15, 0.2) is 35.3 Å². The van der Waals surface area contributed by atoms with Gasteiger partial charge in [-0.25, -0.2) is 4.99 Å². The van der Waals surface area contributed by atoms with E-state index in [1.807, 2.05) is 18.9 Å². The Hall–Kier alpha value is -2.30. The zero-order valence-corrected chi connectivity index (χ0v) is 20.4. The number of aliphatic imine (C=N–C) groups is 1. The van der Waals surface area contributed by atoms with Gasteiger partial charge in [-0.05, 0) is 56.7 Å². The summed E-state index contributed by atoms with van der Waals surface area (Å²) >= 11 is 19.8. The molecule has 0 N–H and O–H groups in total. The topological polar surface area (TPSA) is 61.5 Å². The Balaban J connectivity index is 1.92. The van der Waals surface area contributed by atoms with Crippen LogP contribution in [0.3, 0.4) is 0 Å². The molecule has 9 heteroatoms. The minimum Gasteiger partial charge on any atom is -0.442 e. The Kier molecular flexibility index (Phi) is 7.45. The number of hydrogen-bond acceptors (Lipinski definition) is 5. The number of ether oxygens (including phenoxy) is 1. The lowest BCUT2D eigenvalue weighted by Gasteiger charge is -2.17. The van der Waals surface area contributed by atoms with Gasteiger partial charge in [0.15, 0.2) is 0 Å². The fraction of sp³-hybridized carbons (Fsp3) is 0.227. The summed E-state index contributed by atoms with van der Waals surface area (Å²) in [7, 11) is 1.96. The summed E-state index contributed by atoms with van der Waals surface area (Å²) < 4.78 is 10.3. The quantitative estimate of drug-likeness (QED) is 0.260. The average molecular weight is 494 g/mol. The summed E-state index contributed by atoms with van der Waals surface area (Å²) in [5.41, 5.74) is 2.95. The predicted molar refractivity (Wildman–Crippen MR) is 130 cm³/mol. The highest BCUT2D eigenvalue weighted by Crippen LogP contribution is 2.42. The first-order valence-corrected chi connectivity index (χ1v) is 11.2. The van der Waals surface area contributed by atoms with E-state index in [1.54, 1.807) is 36.7 Å². The molecule has 5 nitrogen and oxygen atoms in total. The van der Waals surface area contributed by atoms with Crippen molar-refractivity contribution in [3.05, 3.63) is 56.5 Å². The largest absolute Gasteiger partial charge is 0.442 e. The molecule has 3 aromatic rings. The molecular weight excluding hydrogens is 475 g/mol. The first-order valence-electron chi connectivity index (χ1n) is 9.30. The zero-order chi connectivity index (χ0) is 22.7. The van der Waals surface area contributed by atoms with Crippen LogP contribution < -0.4 is 4.74 Å². The monoisotopic (exact) mass is 492 g/mol. The van der Waals surface area contributed by atoms with Gasteiger partial charge in [0.05, 0.1) is 22.1 Å². The lowest BCUT2D eigenvalue weighted by Crippen LogP contribution is -2.24. The molecule has 160 valence electrons. The van der Waals surface area contributed by atoms with Crippen LogP contribution in [0.1, 0.15) is 25.0 Å². The Morgan fingerprint density at radius 3 is 2.58 bits per heavy atom. The minimum absolute atomic E-state index is 0.281. The highest BCUT2D eigenvalue weighted by molar-refractivity contribution is 7.08. The second-order valence-corrected chi connectivity index (χ2v) is 9.09. The normalized spacial score (nSPS) is 11.2. The van der Waals surface area contributed by atoms with Gasteiger partial charge in [-0.3, -0.25) is 0 Å². The summed E-state index contributed by atoms with van der Waals surface area (Å²) in [6.45, 7) is 6.08. The van der Waals surface area contributed by atoms with Gasteiger partial charge >= 0.3 is 0 Å². The summed E-state index contributed by atoms with van der Waals surface area (Å²) in [5.74, 6) is 0.421. The van der Waals surface area contributed by atoms with Crippen LogP contribution in [0.2, 0.25) is 15.1 Å². The fourth-order valence-corrected chi connectivity index (χ4v) is 3.98. The van der Waals surface area contributed by atoms with Gasteiger partial charge in [-0.2, -0.15) is 9.64 Å². The second-order valence-electron chi connectivity index (χ2n) is 7.10. The minimum atomic E-state index is 0.281. The maximum Gasteiger partial charge on any atom is 0.218 e. The molecule has 31 heavy (non-hydrogen) atoms. The van der Waals surface area contributed by atoms with Crippen LogP contribution in [0.4, 0.5) is 5.69 Å². The number of halogens is 3. The van der Waals surface area contributed by atoms with Crippen LogP contribution in [0, 0.1) is 18.3 Å². The fourth-order valence-electron chi connectivity index (χ4n) is 2.56. The number of nitriles is 1. The molecule has 2 aromatic carbocycles. The number of aryl methyl sites for hydroxylation is 1. The van der Waals surface area contributed by atoms with E-state index in [2.05, 4.69) is 29.3 Å². The van der Waals surface area contributed by atoms with Crippen LogP contribution in [-0.4, -0.2) is 28.7 Å². The van der Waals surface area contributed by atoms with Gasteiger partial charge in [0.2, 0.25) is 5.06 Å². The van der Waals surface area contributed by atoms with E-state index in [0.717, 1.165) is 22.8 Å². The smallest absolute Gasteiger partial charge is 0.218 e. The number of aromatic nitrogens is 1. The van der Waals surface area contributed by atoms with Crippen LogP contribution in [0.5, 0.6) is 10.8 Å². The maximum atomic E-state index is 9.72. The maximum absolute atomic E-state index is 9.72. The Morgan fingerprint density at radius 2 is 1.94 bits per heavy atom. The number of rotatable bonds is 6. The number of benzene rings is 2. The van der Waals surface area contributed by atoms with Crippen LogP contribution in [-0.2, 0) is 0 Å². The first-order chi connectivity index (χ1) is 14.7. The molecule has 0 unspecified atom stereocenters. The van der Waals surface area contributed by atoms with Crippen molar-refractivity contribution in [2.45, 2.75) is 26.8 Å². The Bertz CT molecular complexity index is 1180. The zero-order valence-electron chi connectivity index (χ0n) is 17.3. The van der Waals surface area contributed by atoms with Crippen LogP contribution >= 0.6 is 46.3 Å². The van der Waals surface area contributed by atoms with Crippen molar-refractivity contribution < 1.29 is 4.74 Å². The van der Waals surface area contributed by atoms with E-state index >= 15 is 0 Å². The molecule has 0 amide bonds. The molecule has 0 saturated heterocycles. The lowest BCUT2D eigenvalue weighted by molar-refractivity contribution is 0.429. The van der Waals surface area contributed by atoms with Gasteiger partial charge in [-0.1, -0.05) is 34.8 Å². The van der Waals surface area contributed by atoms with Crippen molar-refractivity contribution in [1.82, 2.24) is 9.27 Å². The van der Waals surface area contributed by atoms with E-state index < -0.39 is 0 Å². The van der Waals surface area contributed by atoms with Crippen molar-refractivity contribution in [2.24, 2.45) is 4.99 Å². The molecular formula is C22H19Cl3N4OS. The van der Waals surface area contributed by atoms with E-state index in [1.165, 1.54) is 0 Å². The number of nitrogens with zero attached hydrogens (tertiary/aromatic N) is 4. The standard InChI is InChI=1S/C22H19Cl3N4OS/c1-12(2)29(4)11-27-19-9-18(25)20(7-13(19)3)30-22-16(10-26)21(28-31-22)15-6-5-14(23)8-17(15)24/h5-9,11-12H,1-4H3/b27-11-. The third-order valence-electron chi connectivity index (χ3n) is 4.61. The Morgan fingerprint density at radius 1 is 1.19 bits per heavy atom. The SMILES string of the molecule is Cc1cc(Oc2snc(-c3ccc(Cl)cc3Cl)c2C#N)c(Cl)cc1/N=C\N(C)C(C)C. The summed E-state index contributed by atoms with van der Waals surface area (Å²) in [5, 5.41) is 11.3. The van der Waals surface area contributed by atoms with Crippen molar-refractivity contribution in [3.63, 3.8) is 0 Å². The third-order valence-corrected chi connectivity index (χ3v) is 6.18. The molecule has 0 saturated carbocycles. The van der Waals surface area contributed by atoms with Crippen molar-refractivity contribution in [1.29, 1.82) is 5.26 Å². The molecule has 0 aliphatic heterocycles. The van der Waals surface area contributed by atoms with E-state index in [9.17, 15) is 5.26 Å². The van der Waals surface area contributed by atoms with Gasteiger partial charge in [0.1, 0.15) is 23.1 Å². The van der Waals surface area contributed by atoms with Gasteiger partial charge in [-0.15, -0.1) is 0 Å². The molecule has 3 rings (SSSR count). The molecule has 0 aliphatic rings. The van der Waals surface area contributed by atoms with Crippen molar-refractivity contribution >= 4 is 58.4 Å². The highest BCUT2D eigenvalue weighted by Gasteiger charge is 2.20. The van der Waals surface area contributed by atoms with Gasteiger partial charge in [0, 0.05) is 35.2 Å². The van der Waals surface area contributed by atoms with E-state index in [4.69, 9.17) is 39.5 Å². The number of hydrogen-bond donors (Lipinski definition) is 0. The third kappa shape index (κ3) is 5.31. The molecule has 0 fully saturated rings. The summed E-state index contributed by atoms with van der Waals surface area (Å²) in [4.78, 5) is 6.50. The summed E-state index contributed by atoms with van der Waals surface area (Å²) in [6.07, 6.45) is 1.77. The lowest BCUT2D eigenvalue weighted by atomic mass is 10.1. The van der Waals surface area contributed by atoms with Crippen molar-refractivity contribution in [2.75, 3.05) is 7.05 Å². The van der Waals surface area contributed by atoms with Gasteiger partial charge in [0.25, 0.3) is 0 Å². The highest BCUT2D eigenvalue weighted by atomic mass is 35.5. The molecule has 0 radical (unpaired) electrons. The van der Waals surface area contributed by atoms with Crippen LogP contribution in [0.25, 0.3) is 11.3 Å².